The molecule has 0 radical (unpaired) electrons. The second-order valence-electron chi connectivity index (χ2n) is 5.42. The van der Waals surface area contributed by atoms with E-state index in [4.69, 9.17) is 34.8 Å². The monoisotopic (exact) mass is 319 g/mol. The molecule has 1 N–H and O–H groups in total. The molecule has 0 saturated heterocycles. The van der Waals surface area contributed by atoms with Gasteiger partial charge in [-0.05, 0) is 30.9 Å². The highest BCUT2D eigenvalue weighted by atomic mass is 35.5. The van der Waals surface area contributed by atoms with Crippen LogP contribution in [0, 0.1) is 5.92 Å². The molecule has 0 aliphatic heterocycles. The molecule has 4 heteroatoms. The van der Waals surface area contributed by atoms with Gasteiger partial charge >= 0.3 is 0 Å². The summed E-state index contributed by atoms with van der Waals surface area (Å²) in [6.07, 6.45) is 6.53. The molecule has 0 bridgehead atoms. The Morgan fingerprint density at radius 1 is 1.05 bits per heavy atom. The molecule has 0 aromatic heterocycles. The van der Waals surface area contributed by atoms with Crippen molar-refractivity contribution in [3.05, 3.63) is 32.8 Å². The lowest BCUT2D eigenvalue weighted by atomic mass is 9.97. The van der Waals surface area contributed by atoms with Crippen molar-refractivity contribution in [3.8, 4) is 0 Å². The topological polar surface area (TPSA) is 12.0 Å². The molecular weight excluding hydrogens is 301 g/mol. The molecule has 1 aromatic carbocycles. The Morgan fingerprint density at radius 3 is 2.53 bits per heavy atom. The fourth-order valence-electron chi connectivity index (χ4n) is 2.76. The summed E-state index contributed by atoms with van der Waals surface area (Å²) in [7, 11) is 0. The lowest BCUT2D eigenvalue weighted by Gasteiger charge is -2.23. The minimum absolute atomic E-state index is 0.550. The van der Waals surface area contributed by atoms with Crippen LogP contribution in [-0.2, 0) is 6.54 Å². The van der Waals surface area contributed by atoms with Gasteiger partial charge in [-0.3, -0.25) is 0 Å². The van der Waals surface area contributed by atoms with Crippen molar-refractivity contribution in [1.82, 2.24) is 5.32 Å². The van der Waals surface area contributed by atoms with E-state index >= 15 is 0 Å². The van der Waals surface area contributed by atoms with Gasteiger partial charge in [-0.2, -0.15) is 0 Å². The standard InChI is InChI=1S/C15H20Cl3N/c1-10-5-3-2-4-6-14(10)19-9-11-12(16)7-8-13(17)15(11)18/h7-8,10,14,19H,2-6,9H2,1H3. The zero-order chi connectivity index (χ0) is 13.8. The van der Waals surface area contributed by atoms with E-state index in [-0.39, 0.29) is 0 Å². The maximum Gasteiger partial charge on any atom is 0.0652 e. The molecule has 0 heterocycles. The summed E-state index contributed by atoms with van der Waals surface area (Å²) >= 11 is 18.5. The Balaban J connectivity index is 2.03. The fraction of sp³-hybridized carbons (Fsp3) is 0.600. The highest BCUT2D eigenvalue weighted by molar-refractivity contribution is 6.44. The second-order valence-corrected chi connectivity index (χ2v) is 6.62. The van der Waals surface area contributed by atoms with Gasteiger partial charge in [0.2, 0.25) is 0 Å². The number of halogens is 3. The summed E-state index contributed by atoms with van der Waals surface area (Å²) in [4.78, 5) is 0. The summed E-state index contributed by atoms with van der Waals surface area (Å²) in [5, 5.41) is 5.43. The first kappa shape index (κ1) is 15.4. The molecule has 2 atom stereocenters. The molecule has 2 rings (SSSR count). The van der Waals surface area contributed by atoms with Crippen LogP contribution in [0.1, 0.15) is 44.6 Å². The SMILES string of the molecule is CC1CCCCCC1NCc1c(Cl)ccc(Cl)c1Cl. The molecule has 1 aromatic rings. The third-order valence-corrected chi connectivity index (χ3v) is 5.24. The van der Waals surface area contributed by atoms with Gasteiger partial charge < -0.3 is 5.32 Å². The minimum atomic E-state index is 0.550. The van der Waals surface area contributed by atoms with Gasteiger partial charge in [-0.15, -0.1) is 0 Å². The Labute approximate surface area is 130 Å². The molecule has 1 fully saturated rings. The number of hydrogen-bond acceptors (Lipinski definition) is 1. The average molecular weight is 321 g/mol. The molecule has 0 spiro atoms. The smallest absolute Gasteiger partial charge is 0.0652 e. The predicted octanol–water partition coefficient (Wildman–Crippen LogP) is 5.71. The molecule has 2 unspecified atom stereocenters. The third kappa shape index (κ3) is 4.01. The summed E-state index contributed by atoms with van der Waals surface area (Å²) in [5.74, 6) is 0.708. The number of benzene rings is 1. The van der Waals surface area contributed by atoms with Gasteiger partial charge in [-0.1, -0.05) is 61.0 Å². The van der Waals surface area contributed by atoms with Crippen molar-refractivity contribution >= 4 is 34.8 Å². The molecule has 19 heavy (non-hydrogen) atoms. The van der Waals surface area contributed by atoms with E-state index < -0.39 is 0 Å². The highest BCUT2D eigenvalue weighted by Crippen LogP contribution is 2.32. The van der Waals surface area contributed by atoms with Gasteiger partial charge in [0.1, 0.15) is 0 Å². The van der Waals surface area contributed by atoms with Crippen LogP contribution in [0.25, 0.3) is 0 Å². The molecule has 0 amide bonds. The molecule has 1 aliphatic carbocycles. The predicted molar refractivity (Wildman–Crippen MR) is 84.3 cm³/mol. The van der Waals surface area contributed by atoms with Crippen LogP contribution in [0.15, 0.2) is 12.1 Å². The summed E-state index contributed by atoms with van der Waals surface area (Å²) in [6.45, 7) is 3.01. The third-order valence-electron chi connectivity index (χ3n) is 4.04. The summed E-state index contributed by atoms with van der Waals surface area (Å²) in [6, 6.07) is 4.10. The minimum Gasteiger partial charge on any atom is -0.310 e. The Hall–Kier alpha value is 0.0500. The maximum atomic E-state index is 6.23. The quantitative estimate of drug-likeness (QED) is 0.556. The lowest BCUT2D eigenvalue weighted by Crippen LogP contribution is -2.33. The summed E-state index contributed by atoms with van der Waals surface area (Å²) in [5.41, 5.74) is 0.910. The molecule has 1 nitrogen and oxygen atoms in total. The largest absolute Gasteiger partial charge is 0.310 e. The van der Waals surface area contributed by atoms with E-state index in [1.165, 1.54) is 32.1 Å². The first-order valence-corrected chi connectivity index (χ1v) is 8.08. The van der Waals surface area contributed by atoms with Crippen molar-refractivity contribution in [1.29, 1.82) is 0 Å². The highest BCUT2D eigenvalue weighted by Gasteiger charge is 2.20. The zero-order valence-electron chi connectivity index (χ0n) is 11.2. The van der Waals surface area contributed by atoms with Crippen LogP contribution < -0.4 is 5.32 Å². The summed E-state index contributed by atoms with van der Waals surface area (Å²) < 4.78 is 0. The van der Waals surface area contributed by atoms with Crippen molar-refractivity contribution < 1.29 is 0 Å². The van der Waals surface area contributed by atoms with Crippen LogP contribution in [-0.4, -0.2) is 6.04 Å². The molecular formula is C15H20Cl3N. The van der Waals surface area contributed by atoms with Gasteiger partial charge in [0.15, 0.2) is 0 Å². The maximum absolute atomic E-state index is 6.23. The molecule has 1 aliphatic rings. The van der Waals surface area contributed by atoms with Crippen molar-refractivity contribution in [2.75, 3.05) is 0 Å². The van der Waals surface area contributed by atoms with Crippen molar-refractivity contribution in [3.63, 3.8) is 0 Å². The van der Waals surface area contributed by atoms with Crippen molar-refractivity contribution in [2.45, 2.75) is 51.6 Å². The van der Waals surface area contributed by atoms with E-state index in [1.807, 2.05) is 6.07 Å². The number of nitrogens with one attached hydrogen (secondary N) is 1. The van der Waals surface area contributed by atoms with Crippen LogP contribution >= 0.6 is 34.8 Å². The zero-order valence-corrected chi connectivity index (χ0v) is 13.5. The Kier molecular flexibility index (Phi) is 5.83. The fourth-order valence-corrected chi connectivity index (χ4v) is 3.44. The van der Waals surface area contributed by atoms with Gasteiger partial charge in [0.25, 0.3) is 0 Å². The van der Waals surface area contributed by atoms with E-state index in [2.05, 4.69) is 12.2 Å². The van der Waals surface area contributed by atoms with E-state index in [0.717, 1.165) is 5.56 Å². The van der Waals surface area contributed by atoms with Crippen LogP contribution in [0.4, 0.5) is 0 Å². The lowest BCUT2D eigenvalue weighted by molar-refractivity contribution is 0.356. The van der Waals surface area contributed by atoms with E-state index in [0.29, 0.717) is 33.6 Å². The number of rotatable bonds is 3. The van der Waals surface area contributed by atoms with Crippen molar-refractivity contribution in [2.24, 2.45) is 5.92 Å². The van der Waals surface area contributed by atoms with Crippen LogP contribution in [0.2, 0.25) is 15.1 Å². The van der Waals surface area contributed by atoms with Gasteiger partial charge in [-0.25, -0.2) is 0 Å². The second kappa shape index (κ2) is 7.17. The normalized spacial score (nSPS) is 24.2. The van der Waals surface area contributed by atoms with E-state index in [1.54, 1.807) is 6.07 Å². The molecule has 1 saturated carbocycles. The van der Waals surface area contributed by atoms with E-state index in [9.17, 15) is 0 Å². The molecule has 106 valence electrons. The Morgan fingerprint density at radius 2 is 1.74 bits per heavy atom. The van der Waals surface area contributed by atoms with Crippen LogP contribution in [0.3, 0.4) is 0 Å². The first-order valence-electron chi connectivity index (χ1n) is 6.95. The average Bonchev–Trinajstić information content (AvgIpc) is 2.59. The van der Waals surface area contributed by atoms with Gasteiger partial charge in [0, 0.05) is 23.2 Å². The van der Waals surface area contributed by atoms with Crippen LogP contribution in [0.5, 0.6) is 0 Å². The first-order chi connectivity index (χ1) is 9.09. The Bertz CT molecular complexity index is 434. The number of hydrogen-bond donors (Lipinski definition) is 1. The van der Waals surface area contributed by atoms with Gasteiger partial charge in [0.05, 0.1) is 10.0 Å².